The fourth-order valence-corrected chi connectivity index (χ4v) is 3.53. The van der Waals surface area contributed by atoms with Crippen LogP contribution in [0.1, 0.15) is 43.7 Å². The summed E-state index contributed by atoms with van der Waals surface area (Å²) in [5.74, 6) is 0.164. The molecule has 2 aromatic rings. The van der Waals surface area contributed by atoms with Gasteiger partial charge in [0.15, 0.2) is 0 Å². The van der Waals surface area contributed by atoms with Crippen LogP contribution >= 0.6 is 11.6 Å². The number of hydrogen-bond donors (Lipinski definition) is 1. The van der Waals surface area contributed by atoms with Gasteiger partial charge in [0.1, 0.15) is 0 Å². The lowest BCUT2D eigenvalue weighted by Gasteiger charge is -2.41. The Morgan fingerprint density at radius 3 is 2.38 bits per heavy atom. The van der Waals surface area contributed by atoms with E-state index in [-0.39, 0.29) is 17.4 Å². The van der Waals surface area contributed by atoms with Crippen LogP contribution in [0.25, 0.3) is 0 Å². The number of hydrogen-bond acceptors (Lipinski definition) is 1. The quantitative estimate of drug-likeness (QED) is 0.795. The monoisotopic (exact) mass is 341 g/mol. The molecule has 1 saturated carbocycles. The highest BCUT2D eigenvalue weighted by Crippen LogP contribution is 2.44. The van der Waals surface area contributed by atoms with Crippen LogP contribution in [0, 0.1) is 0 Å². The molecule has 0 heterocycles. The largest absolute Gasteiger partial charge is 0.353 e. The lowest BCUT2D eigenvalue weighted by molar-refractivity contribution is -0.130. The van der Waals surface area contributed by atoms with Crippen LogP contribution in [0.4, 0.5) is 0 Å². The number of aryl methyl sites for hydroxylation is 1. The fraction of sp³-hybridized carbons (Fsp3) is 0.381. The topological polar surface area (TPSA) is 29.1 Å². The third-order valence-corrected chi connectivity index (χ3v) is 5.38. The minimum Gasteiger partial charge on any atom is -0.353 e. The van der Waals surface area contributed by atoms with E-state index in [0.29, 0.717) is 5.02 Å². The van der Waals surface area contributed by atoms with Gasteiger partial charge in [-0.25, -0.2) is 0 Å². The predicted molar refractivity (Wildman–Crippen MR) is 99.3 cm³/mol. The molecule has 0 saturated heterocycles. The summed E-state index contributed by atoms with van der Waals surface area (Å²) < 4.78 is 0. The second kappa shape index (κ2) is 7.40. The van der Waals surface area contributed by atoms with Gasteiger partial charge in [-0.15, -0.1) is 0 Å². The molecule has 1 amide bonds. The van der Waals surface area contributed by atoms with E-state index in [2.05, 4.69) is 36.5 Å². The summed E-state index contributed by atoms with van der Waals surface area (Å²) in [5, 5.41) is 3.95. The van der Waals surface area contributed by atoms with Crippen molar-refractivity contribution in [1.82, 2.24) is 5.32 Å². The van der Waals surface area contributed by atoms with Crippen LogP contribution in [0.5, 0.6) is 0 Å². The predicted octanol–water partition coefficient (Wildman–Crippen LogP) is 4.90. The molecule has 1 atom stereocenters. The first-order valence-corrected chi connectivity index (χ1v) is 9.09. The van der Waals surface area contributed by atoms with Gasteiger partial charge in [0.25, 0.3) is 0 Å². The Morgan fingerprint density at radius 1 is 1.12 bits per heavy atom. The van der Waals surface area contributed by atoms with Crippen LogP contribution in [0.3, 0.4) is 0 Å². The van der Waals surface area contributed by atoms with Crippen molar-refractivity contribution in [2.24, 2.45) is 0 Å². The van der Waals surface area contributed by atoms with Gasteiger partial charge in [-0.2, -0.15) is 0 Å². The zero-order chi connectivity index (χ0) is 17.0. The first-order chi connectivity index (χ1) is 11.6. The number of halogens is 1. The molecule has 3 heteroatoms. The molecule has 1 N–H and O–H groups in total. The maximum atomic E-state index is 12.9. The van der Waals surface area contributed by atoms with Gasteiger partial charge in [-0.3, -0.25) is 4.79 Å². The number of carbonyl (C=O) groups excluding carboxylic acids is 1. The van der Waals surface area contributed by atoms with Crippen LogP contribution in [0.15, 0.2) is 54.6 Å². The van der Waals surface area contributed by atoms with E-state index in [1.165, 1.54) is 5.56 Å². The minimum atomic E-state index is -0.356. The smallest absolute Gasteiger partial charge is 0.230 e. The molecule has 0 aliphatic heterocycles. The van der Waals surface area contributed by atoms with Crippen molar-refractivity contribution >= 4 is 17.5 Å². The third-order valence-electron chi connectivity index (χ3n) is 5.12. The third kappa shape index (κ3) is 3.64. The van der Waals surface area contributed by atoms with Crippen molar-refractivity contribution in [2.75, 3.05) is 0 Å². The van der Waals surface area contributed by atoms with E-state index < -0.39 is 0 Å². The second-order valence-corrected chi connectivity index (χ2v) is 7.28. The minimum absolute atomic E-state index is 0.164. The van der Waals surface area contributed by atoms with Crippen LogP contribution in [0.2, 0.25) is 5.02 Å². The Balaban J connectivity index is 1.61. The van der Waals surface area contributed by atoms with Crippen LogP contribution in [-0.4, -0.2) is 11.9 Å². The first kappa shape index (κ1) is 17.0. The molecule has 2 nitrogen and oxygen atoms in total. The standard InChI is InChI=1S/C21H24ClNO/c1-16(8-9-17-6-3-2-4-7-17)23-20(24)21(14-5-15-21)18-10-12-19(22)13-11-18/h2-4,6-7,10-13,16H,5,8-9,14-15H2,1H3,(H,23,24)/t16-/m0/s1. The van der Waals surface area contributed by atoms with Gasteiger partial charge >= 0.3 is 0 Å². The Kier molecular flexibility index (Phi) is 5.25. The number of benzene rings is 2. The molecule has 0 bridgehead atoms. The normalized spacial score (nSPS) is 16.9. The summed E-state index contributed by atoms with van der Waals surface area (Å²) in [5.41, 5.74) is 2.05. The van der Waals surface area contributed by atoms with Gasteiger partial charge in [-0.05, 0) is 55.9 Å². The molecule has 2 aromatic carbocycles. The number of rotatable bonds is 6. The fourth-order valence-electron chi connectivity index (χ4n) is 3.41. The lowest BCUT2D eigenvalue weighted by atomic mass is 9.63. The van der Waals surface area contributed by atoms with Gasteiger partial charge in [0.05, 0.1) is 5.41 Å². The van der Waals surface area contributed by atoms with Gasteiger partial charge in [0.2, 0.25) is 5.91 Å². The van der Waals surface area contributed by atoms with E-state index in [1.807, 2.05) is 30.3 Å². The van der Waals surface area contributed by atoms with Gasteiger partial charge in [0, 0.05) is 11.1 Å². The van der Waals surface area contributed by atoms with E-state index in [9.17, 15) is 4.79 Å². The van der Waals surface area contributed by atoms with E-state index in [0.717, 1.165) is 37.7 Å². The van der Waals surface area contributed by atoms with Crippen molar-refractivity contribution in [2.45, 2.75) is 50.5 Å². The molecule has 1 aliphatic rings. The molecule has 0 unspecified atom stereocenters. The lowest BCUT2D eigenvalue weighted by Crippen LogP contribution is -2.51. The summed E-state index contributed by atoms with van der Waals surface area (Å²) in [4.78, 5) is 12.9. The van der Waals surface area contributed by atoms with Gasteiger partial charge < -0.3 is 5.32 Å². The van der Waals surface area contributed by atoms with E-state index in [1.54, 1.807) is 0 Å². The molecular formula is C21H24ClNO. The molecule has 0 aromatic heterocycles. The number of carbonyl (C=O) groups is 1. The Bertz CT molecular complexity index is 677. The van der Waals surface area contributed by atoms with Gasteiger partial charge in [-0.1, -0.05) is 60.5 Å². The maximum Gasteiger partial charge on any atom is 0.230 e. The second-order valence-electron chi connectivity index (χ2n) is 6.84. The molecule has 3 rings (SSSR count). The zero-order valence-electron chi connectivity index (χ0n) is 14.1. The summed E-state index contributed by atoms with van der Waals surface area (Å²) in [7, 11) is 0. The van der Waals surface area contributed by atoms with Crippen molar-refractivity contribution in [1.29, 1.82) is 0 Å². The highest BCUT2D eigenvalue weighted by atomic mass is 35.5. The molecule has 1 aliphatic carbocycles. The maximum absolute atomic E-state index is 12.9. The van der Waals surface area contributed by atoms with Crippen molar-refractivity contribution < 1.29 is 4.79 Å². The van der Waals surface area contributed by atoms with Crippen molar-refractivity contribution in [3.05, 3.63) is 70.7 Å². The highest BCUT2D eigenvalue weighted by molar-refractivity contribution is 6.30. The first-order valence-electron chi connectivity index (χ1n) is 8.71. The summed E-state index contributed by atoms with van der Waals surface area (Å²) in [6.07, 6.45) is 4.88. The number of amides is 1. The average Bonchev–Trinajstić information content (AvgIpc) is 2.54. The summed E-state index contributed by atoms with van der Waals surface area (Å²) in [6.45, 7) is 2.09. The van der Waals surface area contributed by atoms with Crippen molar-refractivity contribution in [3.63, 3.8) is 0 Å². The molecule has 0 radical (unpaired) electrons. The van der Waals surface area contributed by atoms with Crippen LogP contribution < -0.4 is 5.32 Å². The Morgan fingerprint density at radius 2 is 1.79 bits per heavy atom. The SMILES string of the molecule is C[C@@H](CCc1ccccc1)NC(=O)C1(c2ccc(Cl)cc2)CCC1. The van der Waals surface area contributed by atoms with Crippen molar-refractivity contribution in [3.8, 4) is 0 Å². The Labute approximate surface area is 149 Å². The van der Waals surface area contributed by atoms with Crippen LogP contribution in [-0.2, 0) is 16.6 Å². The molecular weight excluding hydrogens is 318 g/mol. The molecule has 126 valence electrons. The summed E-state index contributed by atoms with van der Waals surface area (Å²) >= 11 is 5.99. The highest BCUT2D eigenvalue weighted by Gasteiger charge is 2.45. The number of nitrogens with one attached hydrogen (secondary N) is 1. The van der Waals surface area contributed by atoms with E-state index >= 15 is 0 Å². The summed E-state index contributed by atoms with van der Waals surface area (Å²) in [6, 6.07) is 18.3. The average molecular weight is 342 g/mol. The zero-order valence-corrected chi connectivity index (χ0v) is 14.9. The molecule has 24 heavy (non-hydrogen) atoms. The Hall–Kier alpha value is -1.80. The molecule has 1 fully saturated rings. The molecule has 0 spiro atoms. The van der Waals surface area contributed by atoms with E-state index in [4.69, 9.17) is 11.6 Å².